The van der Waals surface area contributed by atoms with Gasteiger partial charge in [0.05, 0.1) is 11.5 Å². The van der Waals surface area contributed by atoms with Crippen LogP contribution < -0.4 is 0 Å². The summed E-state index contributed by atoms with van der Waals surface area (Å²) in [5, 5.41) is 0. The minimum absolute atomic E-state index is 0.274. The van der Waals surface area contributed by atoms with Crippen molar-refractivity contribution in [2.45, 2.75) is 51.7 Å². The minimum Gasteiger partial charge on any atom is -0.457 e. The molecule has 0 bridgehead atoms. The molecule has 2 rings (SSSR count). The fourth-order valence-electron chi connectivity index (χ4n) is 2.14. The van der Waals surface area contributed by atoms with Gasteiger partial charge in [0.15, 0.2) is 0 Å². The molecule has 0 saturated carbocycles. The fourth-order valence-corrected chi connectivity index (χ4v) is 2.14. The third kappa shape index (κ3) is 4.08. The Bertz CT molecular complexity index is 268. The lowest BCUT2D eigenvalue weighted by atomic mass is 10.3. The molecule has 96 valence electrons. The maximum atomic E-state index is 5.85. The van der Waals surface area contributed by atoms with Crippen LogP contribution in [0.15, 0.2) is 23.7 Å². The van der Waals surface area contributed by atoms with Crippen molar-refractivity contribution in [3.8, 4) is 0 Å². The van der Waals surface area contributed by atoms with Crippen LogP contribution in [0.25, 0.3) is 0 Å². The van der Waals surface area contributed by atoms with Gasteiger partial charge in [-0.15, -0.1) is 0 Å². The second-order valence-corrected chi connectivity index (χ2v) is 4.45. The van der Waals surface area contributed by atoms with E-state index in [1.165, 1.54) is 12.8 Å². The van der Waals surface area contributed by atoms with Crippen LogP contribution in [0.5, 0.6) is 0 Å². The molecule has 0 spiro atoms. The largest absolute Gasteiger partial charge is 0.457 e. The number of ether oxygens (including phenoxy) is 3. The third-order valence-electron chi connectivity index (χ3n) is 3.02. The van der Waals surface area contributed by atoms with Gasteiger partial charge in [0.2, 0.25) is 0 Å². The molecule has 3 nitrogen and oxygen atoms in total. The molecule has 0 heterocycles. The Balaban J connectivity index is 1.82. The van der Waals surface area contributed by atoms with E-state index in [2.05, 4.69) is 12.2 Å². The molecule has 0 unspecified atom stereocenters. The van der Waals surface area contributed by atoms with E-state index in [1.54, 1.807) is 0 Å². The molecule has 17 heavy (non-hydrogen) atoms. The van der Waals surface area contributed by atoms with Gasteiger partial charge >= 0.3 is 0 Å². The summed E-state index contributed by atoms with van der Waals surface area (Å²) >= 11 is 0. The van der Waals surface area contributed by atoms with Crippen LogP contribution in [0.1, 0.15) is 45.4 Å². The predicted molar refractivity (Wildman–Crippen MR) is 66.3 cm³/mol. The zero-order chi connectivity index (χ0) is 11.9. The van der Waals surface area contributed by atoms with Gasteiger partial charge in [0, 0.05) is 19.4 Å². The zero-order valence-electron chi connectivity index (χ0n) is 10.6. The smallest absolute Gasteiger partial charge is 0.263 e. The Morgan fingerprint density at radius 1 is 1.06 bits per heavy atom. The molecule has 0 aromatic carbocycles. The summed E-state index contributed by atoms with van der Waals surface area (Å²) in [4.78, 5) is 0. The maximum Gasteiger partial charge on any atom is 0.263 e. The summed E-state index contributed by atoms with van der Waals surface area (Å²) in [5.41, 5.74) is 0. The summed E-state index contributed by atoms with van der Waals surface area (Å²) < 4.78 is 17.1. The van der Waals surface area contributed by atoms with Crippen LogP contribution in [0.4, 0.5) is 0 Å². The first-order chi connectivity index (χ1) is 8.38. The van der Waals surface area contributed by atoms with Crippen molar-refractivity contribution in [2.24, 2.45) is 0 Å². The van der Waals surface area contributed by atoms with E-state index < -0.39 is 0 Å². The molecule has 0 aromatic rings. The second-order valence-electron chi connectivity index (χ2n) is 4.45. The average Bonchev–Trinajstić information content (AvgIpc) is 2.99. The summed E-state index contributed by atoms with van der Waals surface area (Å²) in [6.07, 6.45) is 10.7. The highest BCUT2D eigenvalue weighted by Crippen LogP contribution is 2.24. The van der Waals surface area contributed by atoms with Crippen LogP contribution in [0.3, 0.4) is 0 Å². The third-order valence-corrected chi connectivity index (χ3v) is 3.02. The molecule has 0 radical (unpaired) electrons. The average molecular weight is 238 g/mol. The highest BCUT2D eigenvalue weighted by Gasteiger charge is 2.18. The van der Waals surface area contributed by atoms with Crippen molar-refractivity contribution in [3.63, 3.8) is 0 Å². The van der Waals surface area contributed by atoms with Gasteiger partial charge in [-0.05, 0) is 44.8 Å². The number of hydrogen-bond acceptors (Lipinski definition) is 3. The summed E-state index contributed by atoms with van der Waals surface area (Å²) in [7, 11) is 0. The topological polar surface area (TPSA) is 27.7 Å². The molecule has 0 fully saturated rings. The van der Waals surface area contributed by atoms with Gasteiger partial charge in [-0.25, -0.2) is 0 Å². The first-order valence-corrected chi connectivity index (χ1v) is 6.67. The van der Waals surface area contributed by atoms with Crippen molar-refractivity contribution >= 4 is 0 Å². The van der Waals surface area contributed by atoms with Gasteiger partial charge in [0.25, 0.3) is 6.29 Å². The number of hydrogen-bond donors (Lipinski definition) is 0. The normalized spacial score (nSPS) is 19.4. The SMILES string of the molecule is CCOCC(OC1=CCCC1)OC1=CCCC1. The standard InChI is InChI=1S/C14H22O3/c1-2-15-11-14(16-12-7-3-4-8-12)17-13-9-5-6-10-13/h7,9,14H,2-6,8,10-11H2,1H3. The van der Waals surface area contributed by atoms with Crippen LogP contribution in [0, 0.1) is 0 Å². The van der Waals surface area contributed by atoms with Crippen molar-refractivity contribution in [3.05, 3.63) is 23.7 Å². The van der Waals surface area contributed by atoms with E-state index in [0.29, 0.717) is 13.2 Å². The highest BCUT2D eigenvalue weighted by molar-refractivity contribution is 5.02. The molecule has 0 aliphatic heterocycles. The zero-order valence-corrected chi connectivity index (χ0v) is 10.6. The Labute approximate surface area is 103 Å². The molecule has 0 N–H and O–H groups in total. The maximum absolute atomic E-state index is 5.85. The molecular formula is C14H22O3. The van der Waals surface area contributed by atoms with Gasteiger partial charge in [-0.3, -0.25) is 0 Å². The lowest BCUT2D eigenvalue weighted by Gasteiger charge is -2.21. The molecule has 0 aromatic heterocycles. The molecule has 2 aliphatic rings. The van der Waals surface area contributed by atoms with E-state index in [4.69, 9.17) is 14.2 Å². The van der Waals surface area contributed by atoms with Crippen LogP contribution >= 0.6 is 0 Å². The van der Waals surface area contributed by atoms with Crippen molar-refractivity contribution in [2.75, 3.05) is 13.2 Å². The summed E-state index contributed by atoms with van der Waals surface area (Å²) in [6, 6.07) is 0. The molecule has 2 aliphatic carbocycles. The van der Waals surface area contributed by atoms with Gasteiger partial charge < -0.3 is 14.2 Å². The predicted octanol–water partition coefficient (Wildman–Crippen LogP) is 3.52. The van der Waals surface area contributed by atoms with Crippen molar-refractivity contribution < 1.29 is 14.2 Å². The molecule has 0 atom stereocenters. The van der Waals surface area contributed by atoms with E-state index in [0.717, 1.165) is 37.2 Å². The van der Waals surface area contributed by atoms with Gasteiger partial charge in [0.1, 0.15) is 6.61 Å². The second kappa shape index (κ2) is 6.70. The highest BCUT2D eigenvalue weighted by atomic mass is 16.7. The summed E-state index contributed by atoms with van der Waals surface area (Å²) in [6.45, 7) is 3.19. The quantitative estimate of drug-likeness (QED) is 0.635. The molecular weight excluding hydrogens is 216 g/mol. The minimum atomic E-state index is -0.274. The Kier molecular flexibility index (Phi) is 4.92. The van der Waals surface area contributed by atoms with Crippen molar-refractivity contribution in [1.29, 1.82) is 0 Å². The molecule has 0 saturated heterocycles. The van der Waals surface area contributed by atoms with E-state index in [1.807, 2.05) is 6.92 Å². The van der Waals surface area contributed by atoms with Gasteiger partial charge in [-0.2, -0.15) is 0 Å². The number of allylic oxidation sites excluding steroid dienone is 4. The van der Waals surface area contributed by atoms with Crippen molar-refractivity contribution in [1.82, 2.24) is 0 Å². The lowest BCUT2D eigenvalue weighted by Crippen LogP contribution is -2.22. The first-order valence-electron chi connectivity index (χ1n) is 6.67. The molecule has 3 heteroatoms. The van der Waals surface area contributed by atoms with E-state index in [9.17, 15) is 0 Å². The van der Waals surface area contributed by atoms with Gasteiger partial charge in [-0.1, -0.05) is 0 Å². The Hall–Kier alpha value is -0.960. The van der Waals surface area contributed by atoms with E-state index >= 15 is 0 Å². The first kappa shape index (κ1) is 12.5. The summed E-state index contributed by atoms with van der Waals surface area (Å²) in [5.74, 6) is 2.13. The van der Waals surface area contributed by atoms with Crippen LogP contribution in [-0.2, 0) is 14.2 Å². The fraction of sp³-hybridized carbons (Fsp3) is 0.714. The lowest BCUT2D eigenvalue weighted by molar-refractivity contribution is -0.128. The van der Waals surface area contributed by atoms with Crippen LogP contribution in [0.2, 0.25) is 0 Å². The van der Waals surface area contributed by atoms with E-state index in [-0.39, 0.29) is 6.29 Å². The Morgan fingerprint density at radius 3 is 2.06 bits per heavy atom. The monoisotopic (exact) mass is 238 g/mol. The molecule has 0 amide bonds. The number of rotatable bonds is 7. The van der Waals surface area contributed by atoms with Crippen LogP contribution in [-0.4, -0.2) is 19.5 Å². The Morgan fingerprint density at radius 2 is 1.65 bits per heavy atom.